The Morgan fingerprint density at radius 3 is 1.96 bits per heavy atom. The summed E-state index contributed by atoms with van der Waals surface area (Å²) in [7, 11) is 0. The first-order valence-corrected chi connectivity index (χ1v) is 7.75. The van der Waals surface area contributed by atoms with Crippen LogP contribution in [0.25, 0.3) is 0 Å². The van der Waals surface area contributed by atoms with Crippen LogP contribution in [-0.2, 0) is 23.6 Å². The molecule has 1 amide bonds. The lowest BCUT2D eigenvalue weighted by atomic mass is 10.0. The van der Waals surface area contributed by atoms with Gasteiger partial charge in [0.05, 0.1) is 11.1 Å². The van der Waals surface area contributed by atoms with E-state index in [4.69, 9.17) is 0 Å². The Hall–Kier alpha value is -3.04. The van der Waals surface area contributed by atoms with Crippen molar-refractivity contribution in [1.29, 1.82) is 0 Å². The zero-order chi connectivity index (χ0) is 21.1. The van der Waals surface area contributed by atoms with Crippen LogP contribution >= 0.6 is 0 Å². The lowest BCUT2D eigenvalue weighted by Gasteiger charge is -2.16. The molecular weight excluding hydrogens is 392 g/mol. The van der Waals surface area contributed by atoms with Crippen LogP contribution in [0.4, 0.5) is 26.3 Å². The number of carbonyl (C=O) groups is 2. The molecule has 0 aliphatic carbocycles. The molecule has 1 atom stereocenters. The summed E-state index contributed by atoms with van der Waals surface area (Å²) >= 11 is 0. The van der Waals surface area contributed by atoms with Gasteiger partial charge in [0.2, 0.25) is 0 Å². The van der Waals surface area contributed by atoms with E-state index in [1.165, 1.54) is 6.07 Å². The van der Waals surface area contributed by atoms with E-state index in [9.17, 15) is 41.0 Å². The Morgan fingerprint density at radius 2 is 1.43 bits per heavy atom. The first-order chi connectivity index (χ1) is 12.9. The Labute approximate surface area is 154 Å². The van der Waals surface area contributed by atoms with E-state index in [1.807, 2.05) is 5.32 Å². The summed E-state index contributed by atoms with van der Waals surface area (Å²) in [5.41, 5.74) is -2.51. The Bertz CT molecular complexity index is 876. The fourth-order valence-electron chi connectivity index (χ4n) is 2.39. The van der Waals surface area contributed by atoms with Gasteiger partial charge in [-0.25, -0.2) is 4.79 Å². The molecule has 0 aliphatic rings. The molecule has 0 unspecified atom stereocenters. The van der Waals surface area contributed by atoms with Crippen molar-refractivity contribution in [2.75, 3.05) is 0 Å². The highest BCUT2D eigenvalue weighted by molar-refractivity contribution is 5.96. The molecule has 2 N–H and O–H groups in total. The van der Waals surface area contributed by atoms with Crippen molar-refractivity contribution < 1.29 is 41.0 Å². The third-order valence-corrected chi connectivity index (χ3v) is 3.75. The Morgan fingerprint density at radius 1 is 0.893 bits per heavy atom. The first kappa shape index (κ1) is 21.3. The molecule has 0 saturated carbocycles. The molecule has 150 valence electrons. The molecule has 2 aromatic rings. The van der Waals surface area contributed by atoms with Gasteiger partial charge in [-0.15, -0.1) is 0 Å². The minimum absolute atomic E-state index is 0.00781. The number of nitrogens with one attached hydrogen (secondary N) is 1. The fourth-order valence-corrected chi connectivity index (χ4v) is 2.39. The number of amides is 1. The van der Waals surface area contributed by atoms with Gasteiger partial charge in [0, 0.05) is 12.0 Å². The van der Waals surface area contributed by atoms with Crippen LogP contribution in [0.2, 0.25) is 0 Å². The van der Waals surface area contributed by atoms with Gasteiger partial charge in [-0.3, -0.25) is 4.79 Å². The lowest BCUT2D eigenvalue weighted by molar-refractivity contribution is -0.139. The molecule has 10 heteroatoms. The minimum atomic E-state index is -4.69. The second-order valence-electron chi connectivity index (χ2n) is 5.85. The van der Waals surface area contributed by atoms with Crippen molar-refractivity contribution in [3.05, 3.63) is 70.8 Å². The van der Waals surface area contributed by atoms with Gasteiger partial charge in [0.15, 0.2) is 0 Å². The van der Waals surface area contributed by atoms with Gasteiger partial charge in [-0.2, -0.15) is 26.3 Å². The van der Waals surface area contributed by atoms with E-state index in [0.717, 1.165) is 36.4 Å². The summed E-state index contributed by atoms with van der Waals surface area (Å²) in [6.45, 7) is 0. The SMILES string of the molecule is O=C(N[C@@H](Cc1cccc(C(F)(F)F)c1)C(=O)O)c1cccc(C(F)(F)F)c1. The monoisotopic (exact) mass is 405 g/mol. The van der Waals surface area contributed by atoms with E-state index >= 15 is 0 Å². The lowest BCUT2D eigenvalue weighted by Crippen LogP contribution is -2.42. The molecular formula is C18H13F6NO3. The van der Waals surface area contributed by atoms with E-state index < -0.39 is 53.4 Å². The van der Waals surface area contributed by atoms with Crippen molar-refractivity contribution in [3.63, 3.8) is 0 Å². The van der Waals surface area contributed by atoms with E-state index in [-0.39, 0.29) is 5.56 Å². The van der Waals surface area contributed by atoms with Crippen LogP contribution in [0.3, 0.4) is 0 Å². The number of carbonyl (C=O) groups excluding carboxylic acids is 1. The third kappa shape index (κ3) is 5.48. The number of hydrogen-bond acceptors (Lipinski definition) is 2. The highest BCUT2D eigenvalue weighted by Crippen LogP contribution is 2.30. The average Bonchev–Trinajstić information content (AvgIpc) is 2.60. The van der Waals surface area contributed by atoms with Gasteiger partial charge in [-0.05, 0) is 29.8 Å². The predicted octanol–water partition coefficient (Wildman–Crippen LogP) is 4.15. The maximum Gasteiger partial charge on any atom is 0.416 e. The molecule has 0 aromatic heterocycles. The molecule has 0 saturated heterocycles. The summed E-state index contributed by atoms with van der Waals surface area (Å²) < 4.78 is 76.4. The van der Waals surface area contributed by atoms with Crippen molar-refractivity contribution in [2.45, 2.75) is 24.8 Å². The second kappa shape index (κ2) is 7.91. The van der Waals surface area contributed by atoms with Crippen molar-refractivity contribution in [1.82, 2.24) is 5.32 Å². The topological polar surface area (TPSA) is 66.4 Å². The van der Waals surface area contributed by atoms with Gasteiger partial charge in [0.25, 0.3) is 5.91 Å². The Balaban J connectivity index is 2.20. The van der Waals surface area contributed by atoms with E-state index in [0.29, 0.717) is 6.07 Å². The molecule has 28 heavy (non-hydrogen) atoms. The maximum atomic E-state index is 12.8. The predicted molar refractivity (Wildman–Crippen MR) is 85.5 cm³/mol. The zero-order valence-electron chi connectivity index (χ0n) is 13.9. The van der Waals surface area contributed by atoms with E-state index in [2.05, 4.69) is 0 Å². The van der Waals surface area contributed by atoms with Gasteiger partial charge >= 0.3 is 18.3 Å². The number of benzene rings is 2. The van der Waals surface area contributed by atoms with Crippen LogP contribution in [0.15, 0.2) is 48.5 Å². The summed E-state index contributed by atoms with van der Waals surface area (Å²) in [4.78, 5) is 23.5. The summed E-state index contributed by atoms with van der Waals surface area (Å²) in [6.07, 6.45) is -9.81. The number of aliphatic carboxylic acids is 1. The first-order valence-electron chi connectivity index (χ1n) is 7.75. The molecule has 0 spiro atoms. The van der Waals surface area contributed by atoms with Gasteiger partial charge in [-0.1, -0.05) is 24.3 Å². The number of hydrogen-bond donors (Lipinski definition) is 2. The number of rotatable bonds is 5. The standard InChI is InChI=1S/C18H13F6NO3/c19-17(20,21)12-5-1-3-10(7-12)8-14(16(27)28)25-15(26)11-4-2-6-13(9-11)18(22,23)24/h1-7,9,14H,8H2,(H,25,26)(H,27,28)/t14-/m0/s1. The van der Waals surface area contributed by atoms with Gasteiger partial charge in [0.1, 0.15) is 6.04 Å². The van der Waals surface area contributed by atoms with Gasteiger partial charge < -0.3 is 10.4 Å². The fraction of sp³-hybridized carbons (Fsp3) is 0.222. The molecule has 4 nitrogen and oxygen atoms in total. The van der Waals surface area contributed by atoms with Crippen molar-refractivity contribution in [2.24, 2.45) is 0 Å². The smallest absolute Gasteiger partial charge is 0.416 e. The molecule has 0 radical (unpaired) electrons. The number of alkyl halides is 6. The van der Waals surface area contributed by atoms with Crippen LogP contribution in [0, 0.1) is 0 Å². The molecule has 0 heterocycles. The van der Waals surface area contributed by atoms with E-state index in [1.54, 1.807) is 0 Å². The molecule has 2 rings (SSSR count). The molecule has 0 aliphatic heterocycles. The van der Waals surface area contributed by atoms with Crippen LogP contribution in [0.1, 0.15) is 27.0 Å². The maximum absolute atomic E-state index is 12.8. The largest absolute Gasteiger partial charge is 0.480 e. The number of halogens is 6. The highest BCUT2D eigenvalue weighted by atomic mass is 19.4. The summed E-state index contributed by atoms with van der Waals surface area (Å²) in [5, 5.41) is 11.3. The average molecular weight is 405 g/mol. The van der Waals surface area contributed by atoms with Crippen LogP contribution < -0.4 is 5.32 Å². The van der Waals surface area contributed by atoms with Crippen molar-refractivity contribution >= 4 is 11.9 Å². The molecule has 0 fully saturated rings. The summed E-state index contributed by atoms with van der Waals surface area (Å²) in [6, 6.07) is 5.60. The zero-order valence-corrected chi connectivity index (χ0v) is 13.9. The normalized spacial score (nSPS) is 13.1. The van der Waals surface area contributed by atoms with Crippen LogP contribution in [0.5, 0.6) is 0 Å². The molecule has 0 bridgehead atoms. The number of carboxylic acid groups (broad SMARTS) is 1. The minimum Gasteiger partial charge on any atom is -0.480 e. The number of carboxylic acids is 1. The second-order valence-corrected chi connectivity index (χ2v) is 5.85. The highest BCUT2D eigenvalue weighted by Gasteiger charge is 2.32. The van der Waals surface area contributed by atoms with Crippen molar-refractivity contribution in [3.8, 4) is 0 Å². The third-order valence-electron chi connectivity index (χ3n) is 3.75. The quantitative estimate of drug-likeness (QED) is 0.735. The Kier molecular flexibility index (Phi) is 6.01. The summed E-state index contributed by atoms with van der Waals surface area (Å²) in [5.74, 6) is -2.64. The van der Waals surface area contributed by atoms with Crippen LogP contribution in [-0.4, -0.2) is 23.0 Å². The molecule has 2 aromatic carbocycles.